The van der Waals surface area contributed by atoms with Crippen LogP contribution in [0.3, 0.4) is 0 Å². The lowest BCUT2D eigenvalue weighted by molar-refractivity contribution is 0.555. The van der Waals surface area contributed by atoms with Crippen LogP contribution in [-0.2, 0) is 9.84 Å². The van der Waals surface area contributed by atoms with E-state index >= 15 is 0 Å². The van der Waals surface area contributed by atoms with Gasteiger partial charge in [0.15, 0.2) is 9.84 Å². The van der Waals surface area contributed by atoms with Crippen molar-refractivity contribution in [2.24, 2.45) is 11.7 Å². The lowest BCUT2D eigenvalue weighted by Crippen LogP contribution is -2.17. The molecule has 15 heavy (non-hydrogen) atoms. The van der Waals surface area contributed by atoms with E-state index in [4.69, 9.17) is 5.73 Å². The van der Waals surface area contributed by atoms with Gasteiger partial charge in [-0.25, -0.2) is 8.42 Å². The van der Waals surface area contributed by atoms with Crippen LogP contribution in [0, 0.1) is 5.92 Å². The zero-order chi connectivity index (χ0) is 11.1. The Morgan fingerprint density at radius 2 is 1.73 bits per heavy atom. The number of hydrogen-bond donors (Lipinski definition) is 1. The quantitative estimate of drug-likeness (QED) is 0.681. The third-order valence-corrected chi connectivity index (χ3v) is 5.01. The molecule has 1 aliphatic carbocycles. The summed E-state index contributed by atoms with van der Waals surface area (Å²) >= 11 is 0. The minimum absolute atomic E-state index is 0.365. The summed E-state index contributed by atoms with van der Waals surface area (Å²) in [7, 11) is -2.79. The fourth-order valence-electron chi connectivity index (χ4n) is 2.26. The topological polar surface area (TPSA) is 60.2 Å². The molecule has 0 unspecified atom stereocenters. The largest absolute Gasteiger partial charge is 0.330 e. The van der Waals surface area contributed by atoms with Gasteiger partial charge in [0.2, 0.25) is 0 Å². The van der Waals surface area contributed by atoms with Crippen molar-refractivity contribution in [1.29, 1.82) is 0 Å². The smallest absolute Gasteiger partial charge is 0.150 e. The van der Waals surface area contributed by atoms with Crippen LogP contribution in [0.2, 0.25) is 0 Å². The molecule has 0 aromatic heterocycles. The normalized spacial score (nSPS) is 18.5. The van der Waals surface area contributed by atoms with Gasteiger partial charge in [-0.1, -0.05) is 19.3 Å². The SMILES string of the molecule is NCCCCCS(=O)(=O)CC1CCCC1. The molecule has 0 heterocycles. The van der Waals surface area contributed by atoms with Crippen LogP contribution >= 0.6 is 0 Å². The molecule has 0 aromatic rings. The second-order valence-electron chi connectivity index (χ2n) is 4.61. The van der Waals surface area contributed by atoms with Crippen molar-refractivity contribution in [2.75, 3.05) is 18.1 Å². The lowest BCUT2D eigenvalue weighted by Gasteiger charge is -2.09. The predicted octanol–water partition coefficient (Wildman–Crippen LogP) is 1.72. The van der Waals surface area contributed by atoms with Crippen molar-refractivity contribution < 1.29 is 8.42 Å². The molecule has 0 aromatic carbocycles. The van der Waals surface area contributed by atoms with E-state index in [1.807, 2.05) is 0 Å². The van der Waals surface area contributed by atoms with Crippen LogP contribution in [0.25, 0.3) is 0 Å². The summed E-state index contributed by atoms with van der Waals surface area (Å²) in [6.07, 6.45) is 7.33. The molecule has 0 saturated heterocycles. The Morgan fingerprint density at radius 1 is 1.07 bits per heavy atom. The first-order chi connectivity index (χ1) is 7.14. The minimum Gasteiger partial charge on any atom is -0.330 e. The molecular weight excluding hydrogens is 210 g/mol. The van der Waals surface area contributed by atoms with Gasteiger partial charge in [0, 0.05) is 0 Å². The van der Waals surface area contributed by atoms with Crippen molar-refractivity contribution in [3.8, 4) is 0 Å². The van der Waals surface area contributed by atoms with Gasteiger partial charge in [-0.05, 0) is 38.1 Å². The molecule has 0 radical (unpaired) electrons. The highest BCUT2D eigenvalue weighted by Gasteiger charge is 2.21. The number of rotatable bonds is 7. The fourth-order valence-corrected chi connectivity index (χ4v) is 4.12. The number of nitrogens with two attached hydrogens (primary N) is 1. The first-order valence-electron chi connectivity index (χ1n) is 6.04. The van der Waals surface area contributed by atoms with Crippen molar-refractivity contribution in [3.05, 3.63) is 0 Å². The highest BCUT2D eigenvalue weighted by atomic mass is 32.2. The Kier molecular flexibility index (Phi) is 5.61. The van der Waals surface area contributed by atoms with E-state index in [0.29, 0.717) is 24.0 Å². The molecule has 90 valence electrons. The summed E-state index contributed by atoms with van der Waals surface area (Å²) in [5.74, 6) is 1.24. The standard InChI is InChI=1S/C11H23NO2S/c12-8-4-1-5-9-15(13,14)10-11-6-2-3-7-11/h11H,1-10,12H2. The van der Waals surface area contributed by atoms with E-state index in [9.17, 15) is 8.42 Å². The Morgan fingerprint density at radius 3 is 2.33 bits per heavy atom. The highest BCUT2D eigenvalue weighted by molar-refractivity contribution is 7.91. The summed E-state index contributed by atoms with van der Waals surface area (Å²) in [4.78, 5) is 0. The van der Waals surface area contributed by atoms with E-state index in [0.717, 1.165) is 32.1 Å². The first-order valence-corrected chi connectivity index (χ1v) is 7.87. The highest BCUT2D eigenvalue weighted by Crippen LogP contribution is 2.26. The molecule has 0 aliphatic heterocycles. The summed E-state index contributed by atoms with van der Waals surface area (Å²) < 4.78 is 23.4. The van der Waals surface area contributed by atoms with Gasteiger partial charge >= 0.3 is 0 Å². The van der Waals surface area contributed by atoms with Crippen LogP contribution in [0.1, 0.15) is 44.9 Å². The predicted molar refractivity (Wildman–Crippen MR) is 63.5 cm³/mol. The maximum atomic E-state index is 11.7. The zero-order valence-corrected chi connectivity index (χ0v) is 10.3. The molecule has 0 amide bonds. The van der Waals surface area contributed by atoms with Gasteiger partial charge in [0.1, 0.15) is 0 Å². The van der Waals surface area contributed by atoms with Gasteiger partial charge in [-0.3, -0.25) is 0 Å². The van der Waals surface area contributed by atoms with Crippen molar-refractivity contribution in [1.82, 2.24) is 0 Å². The van der Waals surface area contributed by atoms with Crippen LogP contribution < -0.4 is 5.73 Å². The summed E-state index contributed by atoms with van der Waals surface area (Å²) in [6.45, 7) is 0.669. The average Bonchev–Trinajstić information content (AvgIpc) is 2.64. The van der Waals surface area contributed by atoms with Crippen molar-refractivity contribution in [2.45, 2.75) is 44.9 Å². The number of hydrogen-bond acceptors (Lipinski definition) is 3. The molecule has 1 aliphatic rings. The molecule has 2 N–H and O–H groups in total. The Balaban J connectivity index is 2.19. The molecule has 1 fully saturated rings. The van der Waals surface area contributed by atoms with Crippen LogP contribution in [0.4, 0.5) is 0 Å². The second-order valence-corrected chi connectivity index (χ2v) is 6.84. The Hall–Kier alpha value is -0.0900. The summed E-state index contributed by atoms with van der Waals surface area (Å²) in [6, 6.07) is 0. The summed E-state index contributed by atoms with van der Waals surface area (Å²) in [5.41, 5.74) is 5.36. The molecule has 4 heteroatoms. The first kappa shape index (κ1) is 13.0. The molecule has 0 bridgehead atoms. The maximum absolute atomic E-state index is 11.7. The Labute approximate surface area is 93.3 Å². The van der Waals surface area contributed by atoms with Gasteiger partial charge in [-0.2, -0.15) is 0 Å². The maximum Gasteiger partial charge on any atom is 0.150 e. The van der Waals surface area contributed by atoms with E-state index in [-0.39, 0.29) is 0 Å². The van der Waals surface area contributed by atoms with Crippen LogP contribution in [0.5, 0.6) is 0 Å². The van der Waals surface area contributed by atoms with Crippen LogP contribution in [0.15, 0.2) is 0 Å². The van der Waals surface area contributed by atoms with E-state index in [2.05, 4.69) is 0 Å². The van der Waals surface area contributed by atoms with E-state index < -0.39 is 9.84 Å². The molecule has 3 nitrogen and oxygen atoms in total. The number of sulfone groups is 1. The van der Waals surface area contributed by atoms with Crippen molar-refractivity contribution in [3.63, 3.8) is 0 Å². The van der Waals surface area contributed by atoms with Crippen molar-refractivity contribution >= 4 is 9.84 Å². The van der Waals surface area contributed by atoms with Crippen LogP contribution in [-0.4, -0.2) is 26.5 Å². The molecular formula is C11H23NO2S. The zero-order valence-electron chi connectivity index (χ0n) is 9.45. The van der Waals surface area contributed by atoms with Gasteiger partial charge in [0.25, 0.3) is 0 Å². The van der Waals surface area contributed by atoms with Gasteiger partial charge < -0.3 is 5.73 Å². The monoisotopic (exact) mass is 233 g/mol. The third kappa shape index (κ3) is 5.52. The summed E-state index contributed by atoms with van der Waals surface area (Å²) in [5, 5.41) is 0. The average molecular weight is 233 g/mol. The van der Waals surface area contributed by atoms with E-state index in [1.165, 1.54) is 12.8 Å². The minimum atomic E-state index is -2.79. The molecule has 1 saturated carbocycles. The van der Waals surface area contributed by atoms with Gasteiger partial charge in [-0.15, -0.1) is 0 Å². The van der Waals surface area contributed by atoms with Gasteiger partial charge in [0.05, 0.1) is 11.5 Å². The van der Waals surface area contributed by atoms with E-state index in [1.54, 1.807) is 0 Å². The molecule has 0 spiro atoms. The number of unbranched alkanes of at least 4 members (excludes halogenated alkanes) is 2. The molecule has 0 atom stereocenters. The second kappa shape index (κ2) is 6.48. The Bertz CT molecular complexity index is 256. The lowest BCUT2D eigenvalue weighted by atomic mass is 10.1. The third-order valence-electron chi connectivity index (χ3n) is 3.12. The fraction of sp³-hybridized carbons (Fsp3) is 1.00. The molecule has 1 rings (SSSR count).